The van der Waals surface area contributed by atoms with E-state index in [9.17, 15) is 63.0 Å². The van der Waals surface area contributed by atoms with Gasteiger partial charge in [-0.15, -0.1) is 0 Å². The van der Waals surface area contributed by atoms with Gasteiger partial charge in [-0.25, -0.2) is 24.5 Å². The van der Waals surface area contributed by atoms with Crippen LogP contribution in [0.15, 0.2) is 82.4 Å². The third-order valence-corrected chi connectivity index (χ3v) is 21.5. The van der Waals surface area contributed by atoms with Gasteiger partial charge in [0.25, 0.3) is 22.9 Å². The number of nitrogens with two attached hydrogens (primary N) is 1. The number of cyclic esters (lactones) is 2. The molecule has 6 N–H and O–H groups in total. The summed E-state index contributed by atoms with van der Waals surface area (Å²) in [6.45, 7) is 14.4. The predicted octanol–water partition coefficient (Wildman–Crippen LogP) is 6.89. The van der Waals surface area contributed by atoms with Gasteiger partial charge in [0.05, 0.1) is 81.8 Å². The molecule has 0 spiro atoms. The minimum Gasteiger partial charge on any atom is -0.458 e. The predicted molar refractivity (Wildman–Crippen MR) is 375 cm³/mol. The molecule has 9 heterocycles. The van der Waals surface area contributed by atoms with E-state index >= 15 is 0 Å². The van der Waals surface area contributed by atoms with Gasteiger partial charge in [-0.2, -0.15) is 0 Å². The van der Waals surface area contributed by atoms with Gasteiger partial charge in [0.2, 0.25) is 11.8 Å². The lowest BCUT2D eigenvalue weighted by atomic mass is 9.83. The van der Waals surface area contributed by atoms with Crippen molar-refractivity contribution in [3.05, 3.63) is 166 Å². The summed E-state index contributed by atoms with van der Waals surface area (Å²) in [5, 5.41) is 30.1. The van der Waals surface area contributed by atoms with Crippen LogP contribution in [-0.2, 0) is 135 Å². The van der Waals surface area contributed by atoms with Gasteiger partial charge in [-0.3, -0.25) is 43.2 Å². The molecule has 526 valence electrons. The van der Waals surface area contributed by atoms with Crippen molar-refractivity contribution in [2.45, 2.75) is 195 Å². The summed E-state index contributed by atoms with van der Waals surface area (Å²) in [5.41, 5.74) is 15.7. The van der Waals surface area contributed by atoms with Crippen LogP contribution in [0.1, 0.15) is 167 Å². The molecule has 4 aromatic heterocycles. The number of anilines is 1. The van der Waals surface area contributed by atoms with Crippen LogP contribution in [0, 0.1) is 17.8 Å². The summed E-state index contributed by atoms with van der Waals surface area (Å²) in [7, 11) is 0. The maximum absolute atomic E-state index is 13.8. The van der Waals surface area contributed by atoms with E-state index in [2.05, 4.69) is 10.6 Å². The number of aromatic nitrogens is 4. The molecule has 23 nitrogen and oxygen atoms in total. The third kappa shape index (κ3) is 12.2. The Kier molecular flexibility index (Phi) is 19.1. The summed E-state index contributed by atoms with van der Waals surface area (Å²) in [6.07, 6.45) is 7.71. The van der Waals surface area contributed by atoms with Crippen LogP contribution in [0.3, 0.4) is 0 Å². The first kappa shape index (κ1) is 70.9. The SMILES string of the molecule is C.CC[C@@]1(O)C(=O)OCc2c1cc1n(c2=O)Cc2c-1nc1ccc(CC(=O)[C@H](C)NC(=O)[C@@H](CC(=O)Cc3ccc(N4C(=O)C=CC4=O)cc3)C(C)C)c3c1c2CCC3.CC[C@@]1(O)C(=O)OCc2c1cc1n(c2=O)Cc2c-1nc1ccc(CC(=O)[C@H](C)NC(=O)[C@@H](N)C(C)C)c3c1c2CCC3. The number of imide groups is 1. The first-order valence-electron chi connectivity index (χ1n) is 34.5. The second-order valence-corrected chi connectivity index (χ2v) is 28.2. The van der Waals surface area contributed by atoms with E-state index in [0.717, 1.165) is 110 Å². The standard InChI is InChI=1S/C45H44N4O9.C32H36N4O6.CH4/c1-5-45(57)34-20-36-41-32(21-48(36)43(55)33(34)22-58-44(45)56)30-8-6-7-29-26(11-14-35(47-41)40(29)30)18-37(51)24(4)46-42(54)31(23(2)3)19-28(50)17-25-9-12-27(13-10-25)49-38(52)15-16-39(49)53;1-5-32(41)22-12-24-28-20(13-36(24)30(39)21(22)14-42-31(32)40)19-8-6-7-18-17(9-10-23(35-28)26(18)19)11-25(37)16(4)34-29(38)27(33)15(2)3;/h9-16,20,23-24,31,57H,5-8,17-19,21-22H2,1-4H3,(H,46,54);9-10,12,15-16,27,41H,5-8,11,13-14,33H2,1-4H3,(H,34,38);1H4/t24-,31-,45-;16-,27-,32-;/m00./s1. The Hall–Kier alpha value is -9.97. The van der Waals surface area contributed by atoms with Gasteiger partial charge < -0.3 is 45.2 Å². The summed E-state index contributed by atoms with van der Waals surface area (Å²) in [6, 6.07) is 15.5. The van der Waals surface area contributed by atoms with Gasteiger partial charge in [0, 0.05) is 76.8 Å². The fraction of sp³-hybridized carbons (Fsp3) is 0.423. The number of aryl methyl sites for hydroxylation is 4. The summed E-state index contributed by atoms with van der Waals surface area (Å²) in [4.78, 5) is 154. The maximum Gasteiger partial charge on any atom is 0.343 e. The smallest absolute Gasteiger partial charge is 0.343 e. The Labute approximate surface area is 582 Å². The zero-order chi connectivity index (χ0) is 71.3. The molecule has 0 radical (unpaired) electrons. The van der Waals surface area contributed by atoms with Crippen LogP contribution in [-0.4, -0.2) is 100 Å². The van der Waals surface area contributed by atoms with Crippen molar-refractivity contribution in [2.24, 2.45) is 23.5 Å². The van der Waals surface area contributed by atoms with Crippen molar-refractivity contribution < 1.29 is 62.8 Å². The number of hydrogen-bond donors (Lipinski definition) is 5. The fourth-order valence-electron chi connectivity index (χ4n) is 15.5. The number of aliphatic hydroxyl groups is 2. The highest BCUT2D eigenvalue weighted by molar-refractivity contribution is 6.28. The van der Waals surface area contributed by atoms with Crippen LogP contribution in [0.25, 0.3) is 44.6 Å². The molecule has 0 unspecified atom stereocenters. The lowest BCUT2D eigenvalue weighted by Crippen LogP contribution is -2.49. The topological polar surface area (TPSA) is 336 Å². The van der Waals surface area contributed by atoms with Crippen molar-refractivity contribution in [2.75, 3.05) is 4.90 Å². The van der Waals surface area contributed by atoms with Crippen LogP contribution in [0.5, 0.6) is 0 Å². The Bertz CT molecular complexity index is 4890. The average molecular weight is 1370 g/mol. The monoisotopic (exact) mass is 1370 g/mol. The molecule has 7 aliphatic rings. The molecule has 6 atom stereocenters. The molecule has 2 aliphatic carbocycles. The largest absolute Gasteiger partial charge is 0.458 e. The lowest BCUT2D eigenvalue weighted by molar-refractivity contribution is -0.172. The Morgan fingerprint density at radius 2 is 1.00 bits per heavy atom. The van der Waals surface area contributed by atoms with Crippen molar-refractivity contribution in [1.29, 1.82) is 0 Å². The number of carbonyl (C=O) groups excluding carboxylic acids is 9. The average Bonchev–Trinajstić information content (AvgIpc) is 1.61. The molecule has 14 rings (SSSR count). The van der Waals surface area contributed by atoms with E-state index in [-0.39, 0.29) is 122 Å². The number of nitrogens with one attached hydrogen (secondary N) is 2. The van der Waals surface area contributed by atoms with Crippen LogP contribution in [0.4, 0.5) is 5.69 Å². The van der Waals surface area contributed by atoms with Crippen molar-refractivity contribution in [1.82, 2.24) is 29.7 Å². The van der Waals surface area contributed by atoms with E-state index in [1.54, 1.807) is 73.2 Å². The maximum atomic E-state index is 13.8. The quantitative estimate of drug-likeness (QED) is 0.0406. The highest BCUT2D eigenvalue weighted by atomic mass is 16.6. The number of Topliss-reactive ketones (excluding diaryl/α,β-unsaturated/α-hetero) is 3. The number of nitrogens with zero attached hydrogens (tertiary/aromatic N) is 5. The number of carbonyl (C=O) groups is 9. The molecule has 4 amide bonds. The molecular weight excluding hydrogens is 1290 g/mol. The Balaban J connectivity index is 0.000000199. The number of ether oxygens (including phenoxy) is 2. The zero-order valence-corrected chi connectivity index (χ0v) is 57.2. The third-order valence-electron chi connectivity index (χ3n) is 21.5. The summed E-state index contributed by atoms with van der Waals surface area (Å²) < 4.78 is 13.7. The number of pyridine rings is 4. The Morgan fingerprint density at radius 1 is 0.564 bits per heavy atom. The molecule has 0 bridgehead atoms. The van der Waals surface area contributed by atoms with E-state index in [0.29, 0.717) is 58.2 Å². The second kappa shape index (κ2) is 27.2. The number of ketones is 3. The first-order valence-corrected chi connectivity index (χ1v) is 34.5. The van der Waals surface area contributed by atoms with Crippen molar-refractivity contribution in [3.8, 4) is 22.8 Å². The number of hydrogen-bond acceptors (Lipinski definition) is 18. The molecule has 0 fully saturated rings. The minimum absolute atomic E-state index is 0. The van der Waals surface area contributed by atoms with E-state index in [4.69, 9.17) is 25.2 Å². The number of rotatable bonds is 19. The molecule has 0 saturated heterocycles. The lowest BCUT2D eigenvalue weighted by Gasteiger charge is -2.31. The highest BCUT2D eigenvalue weighted by Crippen LogP contribution is 2.46. The van der Waals surface area contributed by atoms with Crippen LogP contribution in [0.2, 0.25) is 0 Å². The van der Waals surface area contributed by atoms with Crippen molar-refractivity contribution >= 4 is 80.4 Å². The number of amides is 4. The first-order chi connectivity index (χ1) is 47.6. The summed E-state index contributed by atoms with van der Waals surface area (Å²) in [5.74, 6) is -4.36. The van der Waals surface area contributed by atoms with Crippen molar-refractivity contribution in [3.63, 3.8) is 0 Å². The summed E-state index contributed by atoms with van der Waals surface area (Å²) >= 11 is 0. The molecule has 5 aliphatic heterocycles. The van der Waals surface area contributed by atoms with E-state index in [1.165, 1.54) is 12.2 Å². The molecule has 3 aromatic carbocycles. The number of esters is 2. The molecule has 23 heteroatoms. The highest BCUT2D eigenvalue weighted by Gasteiger charge is 2.48. The van der Waals surface area contributed by atoms with Crippen LogP contribution < -0.4 is 32.4 Å². The minimum atomic E-state index is -1.91. The van der Waals surface area contributed by atoms with Gasteiger partial charge in [-0.1, -0.05) is 73.2 Å². The van der Waals surface area contributed by atoms with Gasteiger partial charge >= 0.3 is 11.9 Å². The normalized spacial score (nSPS) is 19.2. The van der Waals surface area contributed by atoms with Crippen LogP contribution >= 0.6 is 0 Å². The van der Waals surface area contributed by atoms with E-state index in [1.807, 2.05) is 52.0 Å². The fourth-order valence-corrected chi connectivity index (χ4v) is 15.5. The number of benzene rings is 3. The Morgan fingerprint density at radius 3 is 1.43 bits per heavy atom. The zero-order valence-electron chi connectivity index (χ0n) is 57.2. The molecule has 101 heavy (non-hydrogen) atoms. The molecule has 7 aromatic rings. The van der Waals surface area contributed by atoms with Gasteiger partial charge in [0.15, 0.2) is 22.8 Å². The van der Waals surface area contributed by atoms with Gasteiger partial charge in [0.1, 0.15) is 19.0 Å². The van der Waals surface area contributed by atoms with Gasteiger partial charge in [-0.05, 0) is 152 Å². The second-order valence-electron chi connectivity index (χ2n) is 28.2. The number of fused-ring (bicyclic) bond motifs is 10. The van der Waals surface area contributed by atoms with E-state index < -0.39 is 59.0 Å². The molecule has 0 saturated carbocycles. The molecular formula is C78H84N8O15.